The molecule has 0 radical (unpaired) electrons. The maximum absolute atomic E-state index is 5.98. The Morgan fingerprint density at radius 3 is 2.85 bits per heavy atom. The summed E-state index contributed by atoms with van der Waals surface area (Å²) in [6.07, 6.45) is 1.81. The molecule has 0 atom stereocenters. The molecule has 100 valence electrons. The number of pyridine rings is 1. The van der Waals surface area contributed by atoms with Crippen molar-refractivity contribution in [3.05, 3.63) is 69.8 Å². The fraction of sp³-hybridized carbons (Fsp3) is 0.0625. The van der Waals surface area contributed by atoms with E-state index < -0.39 is 0 Å². The van der Waals surface area contributed by atoms with Gasteiger partial charge in [0.1, 0.15) is 0 Å². The van der Waals surface area contributed by atoms with E-state index in [1.807, 2.05) is 36.5 Å². The molecule has 1 aromatic heterocycles. The van der Waals surface area contributed by atoms with Gasteiger partial charge in [-0.15, -0.1) is 0 Å². The second-order valence-corrected chi connectivity index (χ2v) is 5.77. The van der Waals surface area contributed by atoms with Crippen LogP contribution in [0.15, 0.2) is 59.2 Å². The summed E-state index contributed by atoms with van der Waals surface area (Å²) in [5, 5.41) is 5.26. The van der Waals surface area contributed by atoms with Crippen LogP contribution in [0.2, 0.25) is 5.02 Å². The van der Waals surface area contributed by atoms with E-state index in [1.165, 1.54) is 5.56 Å². The van der Waals surface area contributed by atoms with Crippen LogP contribution in [0, 0.1) is 0 Å². The molecule has 0 aliphatic heterocycles. The highest BCUT2D eigenvalue weighted by Gasteiger charge is 2.00. The van der Waals surface area contributed by atoms with Crippen LogP contribution in [0.4, 0.5) is 5.69 Å². The maximum atomic E-state index is 5.98. The van der Waals surface area contributed by atoms with E-state index >= 15 is 0 Å². The lowest BCUT2D eigenvalue weighted by atomic mass is 10.1. The van der Waals surface area contributed by atoms with Crippen molar-refractivity contribution >= 4 is 44.1 Å². The topological polar surface area (TPSA) is 24.9 Å². The second-order valence-electron chi connectivity index (χ2n) is 4.51. The van der Waals surface area contributed by atoms with Gasteiger partial charge < -0.3 is 5.32 Å². The normalized spacial score (nSPS) is 10.7. The third kappa shape index (κ3) is 2.94. The van der Waals surface area contributed by atoms with Crippen molar-refractivity contribution in [3.63, 3.8) is 0 Å². The Bertz CT molecular complexity index is 758. The maximum Gasteiger partial charge on any atom is 0.0702 e. The fourth-order valence-electron chi connectivity index (χ4n) is 2.05. The first-order chi connectivity index (χ1) is 9.72. The number of hydrogen-bond donors (Lipinski definition) is 1. The van der Waals surface area contributed by atoms with Crippen molar-refractivity contribution in [1.29, 1.82) is 0 Å². The first-order valence-electron chi connectivity index (χ1n) is 6.25. The van der Waals surface area contributed by atoms with Gasteiger partial charge in [-0.05, 0) is 57.9 Å². The van der Waals surface area contributed by atoms with Gasteiger partial charge in [-0.2, -0.15) is 0 Å². The van der Waals surface area contributed by atoms with E-state index in [0.29, 0.717) is 5.02 Å². The molecule has 4 heteroatoms. The van der Waals surface area contributed by atoms with Gasteiger partial charge in [0.2, 0.25) is 0 Å². The molecule has 1 N–H and O–H groups in total. The minimum atomic E-state index is 0.715. The summed E-state index contributed by atoms with van der Waals surface area (Å²) in [5.74, 6) is 0. The standard InChI is InChI=1S/C16H12BrClN2/c17-14-9-13(4-5-15(14)18)20-10-11-3-6-16-12(8-11)2-1-7-19-16/h1-9,20H,10H2. The van der Waals surface area contributed by atoms with Crippen molar-refractivity contribution < 1.29 is 0 Å². The third-order valence-electron chi connectivity index (χ3n) is 3.08. The smallest absolute Gasteiger partial charge is 0.0702 e. The SMILES string of the molecule is Clc1ccc(NCc2ccc3ncccc3c2)cc1Br. The van der Waals surface area contributed by atoms with Crippen LogP contribution >= 0.6 is 27.5 Å². The highest BCUT2D eigenvalue weighted by atomic mass is 79.9. The number of hydrogen-bond acceptors (Lipinski definition) is 2. The van der Waals surface area contributed by atoms with E-state index in [-0.39, 0.29) is 0 Å². The Morgan fingerprint density at radius 1 is 1.10 bits per heavy atom. The van der Waals surface area contributed by atoms with Crippen molar-refractivity contribution in [2.45, 2.75) is 6.54 Å². The molecule has 0 aliphatic rings. The van der Waals surface area contributed by atoms with E-state index in [9.17, 15) is 0 Å². The average Bonchev–Trinajstić information content (AvgIpc) is 2.48. The zero-order chi connectivity index (χ0) is 13.9. The van der Waals surface area contributed by atoms with E-state index in [2.05, 4.69) is 44.4 Å². The number of fused-ring (bicyclic) bond motifs is 1. The monoisotopic (exact) mass is 346 g/mol. The third-order valence-corrected chi connectivity index (χ3v) is 4.30. The van der Waals surface area contributed by atoms with Crippen molar-refractivity contribution in [1.82, 2.24) is 4.98 Å². The van der Waals surface area contributed by atoms with Gasteiger partial charge in [0.05, 0.1) is 10.5 Å². The fourth-order valence-corrected chi connectivity index (χ4v) is 2.54. The molecule has 1 heterocycles. The minimum Gasteiger partial charge on any atom is -0.381 e. The second kappa shape index (κ2) is 5.81. The number of nitrogens with one attached hydrogen (secondary N) is 1. The molecule has 2 nitrogen and oxygen atoms in total. The first kappa shape index (κ1) is 13.4. The first-order valence-corrected chi connectivity index (χ1v) is 7.42. The predicted octanol–water partition coefficient (Wildman–Crippen LogP) is 5.26. The van der Waals surface area contributed by atoms with Crippen molar-refractivity contribution in [2.24, 2.45) is 0 Å². The molecule has 20 heavy (non-hydrogen) atoms. The molecule has 0 saturated carbocycles. The summed E-state index contributed by atoms with van der Waals surface area (Å²) in [6, 6.07) is 16.1. The zero-order valence-electron chi connectivity index (χ0n) is 10.6. The van der Waals surface area contributed by atoms with E-state index in [1.54, 1.807) is 0 Å². The molecule has 0 saturated heterocycles. The Balaban J connectivity index is 1.77. The van der Waals surface area contributed by atoms with Gasteiger partial charge in [0.15, 0.2) is 0 Å². The molecule has 0 spiro atoms. The highest BCUT2D eigenvalue weighted by Crippen LogP contribution is 2.26. The molecular weight excluding hydrogens is 336 g/mol. The quantitative estimate of drug-likeness (QED) is 0.699. The molecule has 0 fully saturated rings. The lowest BCUT2D eigenvalue weighted by Crippen LogP contribution is -1.99. The van der Waals surface area contributed by atoms with Crippen LogP contribution < -0.4 is 5.32 Å². The average molecular weight is 348 g/mol. The molecule has 3 aromatic rings. The summed E-state index contributed by atoms with van der Waals surface area (Å²) in [6.45, 7) is 0.763. The number of rotatable bonds is 3. The lowest BCUT2D eigenvalue weighted by molar-refractivity contribution is 1.15. The van der Waals surface area contributed by atoms with Crippen molar-refractivity contribution in [2.75, 3.05) is 5.32 Å². The van der Waals surface area contributed by atoms with Crippen LogP contribution in [0.3, 0.4) is 0 Å². The van der Waals surface area contributed by atoms with Gasteiger partial charge >= 0.3 is 0 Å². The summed E-state index contributed by atoms with van der Waals surface area (Å²) in [7, 11) is 0. The molecule has 0 bridgehead atoms. The number of aromatic nitrogens is 1. The molecular formula is C16H12BrClN2. The number of anilines is 1. The predicted molar refractivity (Wildman–Crippen MR) is 88.2 cm³/mol. The largest absolute Gasteiger partial charge is 0.381 e. The Hall–Kier alpha value is -1.58. The lowest BCUT2D eigenvalue weighted by Gasteiger charge is -2.08. The number of nitrogens with zero attached hydrogens (tertiary/aromatic N) is 1. The molecule has 0 amide bonds. The van der Waals surface area contributed by atoms with Gasteiger partial charge in [0, 0.05) is 28.3 Å². The van der Waals surface area contributed by atoms with Gasteiger partial charge in [0.25, 0.3) is 0 Å². The molecule has 0 aliphatic carbocycles. The van der Waals surface area contributed by atoms with Gasteiger partial charge in [-0.25, -0.2) is 0 Å². The number of benzene rings is 2. The van der Waals surface area contributed by atoms with E-state index in [4.69, 9.17) is 11.6 Å². The Labute approximate surface area is 130 Å². The summed E-state index contributed by atoms with van der Waals surface area (Å²) in [5.41, 5.74) is 3.27. The Kier molecular flexibility index (Phi) is 3.90. The minimum absolute atomic E-state index is 0.715. The van der Waals surface area contributed by atoms with E-state index in [0.717, 1.165) is 27.6 Å². The summed E-state index contributed by atoms with van der Waals surface area (Å²) >= 11 is 9.41. The molecule has 2 aromatic carbocycles. The molecule has 0 unspecified atom stereocenters. The zero-order valence-corrected chi connectivity index (χ0v) is 12.9. The highest BCUT2D eigenvalue weighted by molar-refractivity contribution is 9.10. The van der Waals surface area contributed by atoms with Crippen LogP contribution in [0.1, 0.15) is 5.56 Å². The van der Waals surface area contributed by atoms with Crippen LogP contribution in [-0.2, 0) is 6.54 Å². The van der Waals surface area contributed by atoms with Gasteiger partial charge in [-0.1, -0.05) is 23.7 Å². The summed E-state index contributed by atoms with van der Waals surface area (Å²) < 4.78 is 0.895. The van der Waals surface area contributed by atoms with Crippen LogP contribution in [0.5, 0.6) is 0 Å². The van der Waals surface area contributed by atoms with Crippen molar-refractivity contribution in [3.8, 4) is 0 Å². The molecule has 3 rings (SSSR count). The van der Waals surface area contributed by atoms with Gasteiger partial charge in [-0.3, -0.25) is 4.98 Å². The Morgan fingerprint density at radius 2 is 2.00 bits per heavy atom. The van der Waals surface area contributed by atoms with Crippen LogP contribution in [-0.4, -0.2) is 4.98 Å². The van der Waals surface area contributed by atoms with Crippen LogP contribution in [0.25, 0.3) is 10.9 Å². The summed E-state index contributed by atoms with van der Waals surface area (Å²) in [4.78, 5) is 4.32. The number of halogens is 2.